The fourth-order valence-electron chi connectivity index (χ4n) is 0.996. The zero-order valence-electron chi connectivity index (χ0n) is 9.25. The second-order valence-electron chi connectivity index (χ2n) is 4.02. The van der Waals surface area contributed by atoms with E-state index in [2.05, 4.69) is 4.65 Å². The van der Waals surface area contributed by atoms with E-state index < -0.39 is 12.9 Å². The second-order valence-corrected chi connectivity index (χ2v) is 4.02. The van der Waals surface area contributed by atoms with Crippen molar-refractivity contribution in [3.8, 4) is 11.5 Å². The van der Waals surface area contributed by atoms with Crippen molar-refractivity contribution in [2.24, 2.45) is 0 Å². The highest BCUT2D eigenvalue weighted by Crippen LogP contribution is 2.18. The molecule has 0 radical (unpaired) electrons. The van der Waals surface area contributed by atoms with E-state index in [0.29, 0.717) is 11.5 Å². The average molecular weight is 226 g/mol. The molecule has 0 bridgehead atoms. The zero-order chi connectivity index (χ0) is 12.2. The molecule has 1 rings (SSSR count). The molecule has 5 nitrogen and oxygen atoms in total. The Morgan fingerprint density at radius 1 is 1.12 bits per heavy atom. The molecule has 0 amide bonds. The summed E-state index contributed by atoms with van der Waals surface area (Å²) in [6.07, 6.45) is 0. The highest BCUT2D eigenvalue weighted by molar-refractivity contribution is 6.33. The number of ether oxygens (including phenoxy) is 1. The van der Waals surface area contributed by atoms with Crippen molar-refractivity contribution in [3.05, 3.63) is 24.3 Å². The Labute approximate surface area is 94.4 Å². The molecule has 0 spiro atoms. The van der Waals surface area contributed by atoms with Gasteiger partial charge in [0.1, 0.15) is 18.1 Å². The predicted octanol–water partition coefficient (Wildman–Crippen LogP) is 0.185. The summed E-state index contributed by atoms with van der Waals surface area (Å²) >= 11 is 0. The van der Waals surface area contributed by atoms with Crippen LogP contribution in [-0.2, 0) is 0 Å². The van der Waals surface area contributed by atoms with Crippen LogP contribution in [0.25, 0.3) is 0 Å². The summed E-state index contributed by atoms with van der Waals surface area (Å²) in [6.45, 7) is 3.47. The van der Waals surface area contributed by atoms with Crippen molar-refractivity contribution >= 4 is 7.32 Å². The Kier molecular flexibility index (Phi) is 4.17. The summed E-state index contributed by atoms with van der Waals surface area (Å²) in [5.74, 6) is 0.896. The molecule has 1 aromatic carbocycles. The minimum absolute atomic E-state index is 0.176. The molecule has 0 fully saturated rings. The number of aliphatic hydroxyl groups is 1. The molecule has 0 heterocycles. The molecule has 16 heavy (non-hydrogen) atoms. The van der Waals surface area contributed by atoms with Crippen LogP contribution in [0.5, 0.6) is 11.5 Å². The summed E-state index contributed by atoms with van der Waals surface area (Å²) in [7, 11) is -1.83. The van der Waals surface area contributed by atoms with E-state index in [4.69, 9.17) is 14.8 Å². The van der Waals surface area contributed by atoms with Crippen molar-refractivity contribution in [2.45, 2.75) is 19.4 Å². The monoisotopic (exact) mass is 226 g/mol. The summed E-state index contributed by atoms with van der Waals surface area (Å²) in [4.78, 5) is 0. The lowest BCUT2D eigenvalue weighted by Crippen LogP contribution is -2.27. The molecule has 3 N–H and O–H groups in total. The third-order valence-electron chi connectivity index (χ3n) is 1.66. The second kappa shape index (κ2) is 5.20. The van der Waals surface area contributed by atoms with Crippen LogP contribution in [0.1, 0.15) is 13.8 Å². The first-order chi connectivity index (χ1) is 7.37. The molecule has 0 saturated heterocycles. The number of hydrogen-bond acceptors (Lipinski definition) is 5. The van der Waals surface area contributed by atoms with Crippen molar-refractivity contribution in [1.29, 1.82) is 0 Å². The van der Waals surface area contributed by atoms with E-state index >= 15 is 0 Å². The largest absolute Gasteiger partial charge is 0.707 e. The normalized spacial score (nSPS) is 11.1. The first kappa shape index (κ1) is 12.8. The van der Waals surface area contributed by atoms with Crippen LogP contribution >= 0.6 is 0 Å². The van der Waals surface area contributed by atoms with Crippen LogP contribution in [0.4, 0.5) is 0 Å². The van der Waals surface area contributed by atoms with E-state index in [0.717, 1.165) is 0 Å². The van der Waals surface area contributed by atoms with Gasteiger partial charge in [0, 0.05) is 0 Å². The van der Waals surface area contributed by atoms with Crippen LogP contribution in [-0.4, -0.2) is 34.7 Å². The zero-order valence-corrected chi connectivity index (χ0v) is 9.25. The average Bonchev–Trinajstić information content (AvgIpc) is 2.14. The van der Waals surface area contributed by atoms with E-state index in [9.17, 15) is 5.11 Å². The minimum atomic E-state index is -1.83. The van der Waals surface area contributed by atoms with Gasteiger partial charge in [-0.05, 0) is 38.1 Å². The Hall–Kier alpha value is -1.24. The summed E-state index contributed by atoms with van der Waals surface area (Å²) in [6, 6.07) is 6.31. The molecular formula is C10H15BO5. The van der Waals surface area contributed by atoms with Crippen LogP contribution < -0.4 is 9.39 Å². The molecule has 0 aliphatic rings. The van der Waals surface area contributed by atoms with E-state index in [1.54, 1.807) is 38.1 Å². The highest BCUT2D eigenvalue weighted by atomic mass is 16.6. The van der Waals surface area contributed by atoms with Gasteiger partial charge in [0.15, 0.2) is 0 Å². The van der Waals surface area contributed by atoms with Gasteiger partial charge in [-0.2, -0.15) is 0 Å². The van der Waals surface area contributed by atoms with Crippen LogP contribution in [0.3, 0.4) is 0 Å². The fraction of sp³-hybridized carbons (Fsp3) is 0.400. The standard InChI is InChI=1S/C10H15BO5/c1-10(2,12)7-15-8-3-5-9(6-4-8)16-11(13)14/h3-6,12-14H,7H2,1-2H3. The number of rotatable bonds is 5. The van der Waals surface area contributed by atoms with E-state index in [-0.39, 0.29) is 6.61 Å². The summed E-state index contributed by atoms with van der Waals surface area (Å²) in [5, 5.41) is 26.5. The van der Waals surface area contributed by atoms with E-state index in [1.165, 1.54) is 0 Å². The van der Waals surface area contributed by atoms with Crippen molar-refractivity contribution < 1.29 is 24.5 Å². The van der Waals surface area contributed by atoms with E-state index in [1.807, 2.05) is 0 Å². The topological polar surface area (TPSA) is 79.2 Å². The molecule has 88 valence electrons. The molecule has 0 unspecified atom stereocenters. The third kappa shape index (κ3) is 5.02. The molecule has 0 atom stereocenters. The lowest BCUT2D eigenvalue weighted by molar-refractivity contribution is 0.0285. The number of hydrogen-bond donors (Lipinski definition) is 3. The third-order valence-corrected chi connectivity index (χ3v) is 1.66. The van der Waals surface area contributed by atoms with Gasteiger partial charge in [0.05, 0.1) is 5.60 Å². The lowest BCUT2D eigenvalue weighted by Gasteiger charge is -2.17. The highest BCUT2D eigenvalue weighted by Gasteiger charge is 2.14. The maximum Gasteiger partial charge on any atom is 0.707 e. The molecule has 6 heteroatoms. The number of benzene rings is 1. The Bertz CT molecular complexity index is 317. The van der Waals surface area contributed by atoms with Gasteiger partial charge in [-0.15, -0.1) is 0 Å². The predicted molar refractivity (Wildman–Crippen MR) is 59.1 cm³/mol. The Morgan fingerprint density at radius 3 is 2.06 bits per heavy atom. The first-order valence-corrected chi connectivity index (χ1v) is 4.85. The van der Waals surface area contributed by atoms with Crippen molar-refractivity contribution in [2.75, 3.05) is 6.61 Å². The molecule has 1 aromatic rings. The van der Waals surface area contributed by atoms with Crippen molar-refractivity contribution in [3.63, 3.8) is 0 Å². The molecule has 0 aromatic heterocycles. The Morgan fingerprint density at radius 2 is 1.62 bits per heavy atom. The van der Waals surface area contributed by atoms with Gasteiger partial charge in [-0.1, -0.05) is 0 Å². The fourth-order valence-corrected chi connectivity index (χ4v) is 0.996. The van der Waals surface area contributed by atoms with Crippen LogP contribution in [0, 0.1) is 0 Å². The van der Waals surface area contributed by atoms with Gasteiger partial charge < -0.3 is 24.5 Å². The lowest BCUT2D eigenvalue weighted by atomic mass is 10.2. The van der Waals surface area contributed by atoms with Crippen LogP contribution in [0.15, 0.2) is 24.3 Å². The molecule has 0 saturated carbocycles. The molecule has 0 aliphatic carbocycles. The first-order valence-electron chi connectivity index (χ1n) is 4.85. The molecular weight excluding hydrogens is 211 g/mol. The van der Waals surface area contributed by atoms with Gasteiger partial charge in [-0.25, -0.2) is 0 Å². The summed E-state index contributed by atoms with van der Waals surface area (Å²) in [5.41, 5.74) is -0.892. The minimum Gasteiger partial charge on any atom is -0.512 e. The van der Waals surface area contributed by atoms with Gasteiger partial charge in [-0.3, -0.25) is 0 Å². The van der Waals surface area contributed by atoms with Gasteiger partial charge in [0.2, 0.25) is 0 Å². The SMILES string of the molecule is CC(C)(O)COc1ccc(OB(O)O)cc1. The molecule has 0 aliphatic heterocycles. The van der Waals surface area contributed by atoms with Crippen LogP contribution in [0.2, 0.25) is 0 Å². The summed E-state index contributed by atoms with van der Waals surface area (Å²) < 4.78 is 9.92. The van der Waals surface area contributed by atoms with Crippen molar-refractivity contribution in [1.82, 2.24) is 0 Å². The van der Waals surface area contributed by atoms with Gasteiger partial charge in [0.25, 0.3) is 0 Å². The smallest absolute Gasteiger partial charge is 0.512 e. The quantitative estimate of drug-likeness (QED) is 0.624. The maximum atomic E-state index is 9.44. The van der Waals surface area contributed by atoms with Gasteiger partial charge >= 0.3 is 7.32 Å². The maximum absolute atomic E-state index is 9.44. The Balaban J connectivity index is 2.51.